The Kier molecular flexibility index (Phi) is 5.97. The summed E-state index contributed by atoms with van der Waals surface area (Å²) in [5, 5.41) is 3.32. The Hall–Kier alpha value is -1.44. The number of rotatable bonds is 7. The van der Waals surface area contributed by atoms with Crippen molar-refractivity contribution in [2.75, 3.05) is 44.0 Å². The van der Waals surface area contributed by atoms with Gasteiger partial charge in [-0.25, -0.2) is 15.8 Å². The lowest BCUT2D eigenvalue weighted by Gasteiger charge is -2.26. The maximum atomic E-state index is 5.41. The highest BCUT2D eigenvalue weighted by atomic mass is 16.5. The highest BCUT2D eigenvalue weighted by Gasteiger charge is 2.09. The van der Waals surface area contributed by atoms with Crippen LogP contribution in [-0.2, 0) is 11.3 Å². The highest BCUT2D eigenvalue weighted by Crippen LogP contribution is 2.11. The molecule has 0 aromatic carbocycles. The number of nitrogen functional groups attached to an aromatic ring is 1. The number of likely N-dealkylation sites (tertiary alicyclic amines) is 1. The number of nitrogens with two attached hydrogens (primary N) is 1. The van der Waals surface area contributed by atoms with Crippen molar-refractivity contribution in [3.8, 4) is 0 Å². The Morgan fingerprint density at radius 2 is 2.00 bits per heavy atom. The normalized spacial score (nSPS) is 16.1. The molecule has 0 amide bonds. The summed E-state index contributed by atoms with van der Waals surface area (Å²) in [5.74, 6) is 7.39. The molecule has 0 atom stereocenters. The summed E-state index contributed by atoms with van der Waals surface area (Å²) in [5.41, 5.74) is 2.55. The third-order valence-electron chi connectivity index (χ3n) is 3.38. The van der Waals surface area contributed by atoms with E-state index in [2.05, 4.69) is 25.6 Å². The minimum atomic E-state index is 0.371. The van der Waals surface area contributed by atoms with Gasteiger partial charge in [-0.15, -0.1) is 0 Å². The van der Waals surface area contributed by atoms with E-state index in [1.165, 1.54) is 32.4 Å². The van der Waals surface area contributed by atoms with Crippen molar-refractivity contribution in [3.63, 3.8) is 0 Å². The zero-order valence-electron chi connectivity index (χ0n) is 12.1. The van der Waals surface area contributed by atoms with Gasteiger partial charge in [0.05, 0.1) is 0 Å². The SMILES string of the molecule is COCc1nc(NN)cc(NCCN2CCCCC2)n1. The van der Waals surface area contributed by atoms with Crippen LogP contribution in [0.2, 0.25) is 0 Å². The molecule has 2 heterocycles. The molecule has 1 aliphatic heterocycles. The molecule has 0 aliphatic carbocycles. The summed E-state index contributed by atoms with van der Waals surface area (Å²) < 4.78 is 5.05. The van der Waals surface area contributed by atoms with Crippen molar-refractivity contribution in [3.05, 3.63) is 11.9 Å². The van der Waals surface area contributed by atoms with E-state index < -0.39 is 0 Å². The Morgan fingerprint density at radius 1 is 1.25 bits per heavy atom. The molecule has 0 bridgehead atoms. The smallest absolute Gasteiger partial charge is 0.158 e. The van der Waals surface area contributed by atoms with Crippen LogP contribution in [0.1, 0.15) is 25.1 Å². The van der Waals surface area contributed by atoms with Crippen LogP contribution in [-0.4, -0.2) is 48.2 Å². The molecule has 0 spiro atoms. The second-order valence-corrected chi connectivity index (χ2v) is 4.96. The van der Waals surface area contributed by atoms with E-state index in [1.54, 1.807) is 13.2 Å². The van der Waals surface area contributed by atoms with Crippen molar-refractivity contribution < 1.29 is 4.74 Å². The lowest BCUT2D eigenvalue weighted by molar-refractivity contribution is 0.178. The zero-order chi connectivity index (χ0) is 14.2. The van der Waals surface area contributed by atoms with Crippen LogP contribution in [0.4, 0.5) is 11.6 Å². The average molecular weight is 280 g/mol. The summed E-state index contributed by atoms with van der Waals surface area (Å²) in [6.45, 7) is 4.69. The summed E-state index contributed by atoms with van der Waals surface area (Å²) in [4.78, 5) is 11.1. The minimum absolute atomic E-state index is 0.371. The largest absolute Gasteiger partial charge is 0.377 e. The summed E-state index contributed by atoms with van der Waals surface area (Å²) >= 11 is 0. The number of hydrogen-bond donors (Lipinski definition) is 3. The molecule has 1 fully saturated rings. The Bertz CT molecular complexity index is 408. The molecule has 112 valence electrons. The van der Waals surface area contributed by atoms with Crippen LogP contribution in [0.3, 0.4) is 0 Å². The Labute approximate surface area is 119 Å². The first-order valence-electron chi connectivity index (χ1n) is 7.11. The fraction of sp³-hybridized carbons (Fsp3) is 0.692. The van der Waals surface area contributed by atoms with E-state index >= 15 is 0 Å². The van der Waals surface area contributed by atoms with Gasteiger partial charge in [-0.05, 0) is 25.9 Å². The number of hydrazine groups is 1. The van der Waals surface area contributed by atoms with E-state index in [1.807, 2.05) is 0 Å². The van der Waals surface area contributed by atoms with Crippen LogP contribution in [0.5, 0.6) is 0 Å². The van der Waals surface area contributed by atoms with Gasteiger partial charge in [0.15, 0.2) is 5.82 Å². The Morgan fingerprint density at radius 3 is 2.70 bits per heavy atom. The lowest BCUT2D eigenvalue weighted by Crippen LogP contribution is -2.33. The first-order valence-corrected chi connectivity index (χ1v) is 7.11. The molecule has 7 nitrogen and oxygen atoms in total. The zero-order valence-corrected chi connectivity index (χ0v) is 12.1. The van der Waals surface area contributed by atoms with E-state index in [-0.39, 0.29) is 0 Å². The molecular formula is C13H24N6O. The number of ether oxygens (including phenoxy) is 1. The summed E-state index contributed by atoms with van der Waals surface area (Å²) in [7, 11) is 1.62. The molecule has 2 rings (SSSR count). The van der Waals surface area contributed by atoms with Gasteiger partial charge in [-0.2, -0.15) is 0 Å². The number of piperidine rings is 1. The number of methoxy groups -OCH3 is 1. The van der Waals surface area contributed by atoms with Crippen molar-refractivity contribution >= 4 is 11.6 Å². The Balaban J connectivity index is 1.85. The third kappa shape index (κ3) is 4.59. The summed E-state index contributed by atoms with van der Waals surface area (Å²) in [6.07, 6.45) is 3.99. The van der Waals surface area contributed by atoms with Gasteiger partial charge >= 0.3 is 0 Å². The minimum Gasteiger partial charge on any atom is -0.377 e. The predicted octanol–water partition coefficient (Wildman–Crippen LogP) is 0.806. The van der Waals surface area contributed by atoms with Crippen LogP contribution >= 0.6 is 0 Å². The monoisotopic (exact) mass is 280 g/mol. The standard InChI is InChI=1S/C13H24N6O/c1-20-10-13-16-11(9-12(17-13)18-14)15-5-8-19-6-3-2-4-7-19/h9H,2-8,10,14H2,1H3,(H2,15,16,17,18). The molecule has 1 aromatic heterocycles. The molecule has 0 saturated carbocycles. The van der Waals surface area contributed by atoms with Gasteiger partial charge in [0.2, 0.25) is 0 Å². The number of hydrogen-bond acceptors (Lipinski definition) is 7. The van der Waals surface area contributed by atoms with Gasteiger partial charge in [0.25, 0.3) is 0 Å². The molecule has 0 radical (unpaired) electrons. The van der Waals surface area contributed by atoms with E-state index in [4.69, 9.17) is 10.6 Å². The third-order valence-corrected chi connectivity index (χ3v) is 3.38. The number of anilines is 2. The van der Waals surface area contributed by atoms with Crippen LogP contribution in [0.15, 0.2) is 6.07 Å². The van der Waals surface area contributed by atoms with E-state index in [9.17, 15) is 0 Å². The van der Waals surface area contributed by atoms with Gasteiger partial charge in [0.1, 0.15) is 18.2 Å². The molecule has 1 saturated heterocycles. The van der Waals surface area contributed by atoms with Crippen LogP contribution in [0.25, 0.3) is 0 Å². The number of nitrogens with one attached hydrogen (secondary N) is 2. The van der Waals surface area contributed by atoms with Gasteiger partial charge in [0, 0.05) is 26.3 Å². The first kappa shape index (κ1) is 15.0. The van der Waals surface area contributed by atoms with E-state index in [0.29, 0.717) is 18.2 Å². The second-order valence-electron chi connectivity index (χ2n) is 4.96. The molecule has 1 aromatic rings. The maximum Gasteiger partial charge on any atom is 0.158 e. The number of nitrogens with zero attached hydrogens (tertiary/aromatic N) is 3. The molecular weight excluding hydrogens is 256 g/mol. The van der Waals surface area contributed by atoms with Gasteiger partial charge in [-0.3, -0.25) is 0 Å². The summed E-state index contributed by atoms with van der Waals surface area (Å²) in [6, 6.07) is 1.80. The lowest BCUT2D eigenvalue weighted by atomic mass is 10.1. The maximum absolute atomic E-state index is 5.41. The van der Waals surface area contributed by atoms with Gasteiger partial charge < -0.3 is 20.4 Å². The molecule has 0 unspecified atom stereocenters. The van der Waals surface area contributed by atoms with Crippen LogP contribution in [0, 0.1) is 0 Å². The fourth-order valence-corrected chi connectivity index (χ4v) is 2.38. The van der Waals surface area contributed by atoms with Crippen molar-refractivity contribution in [1.82, 2.24) is 14.9 Å². The second kappa shape index (κ2) is 7.98. The van der Waals surface area contributed by atoms with Crippen molar-refractivity contribution in [2.24, 2.45) is 5.84 Å². The van der Waals surface area contributed by atoms with Crippen molar-refractivity contribution in [2.45, 2.75) is 25.9 Å². The van der Waals surface area contributed by atoms with Gasteiger partial charge in [-0.1, -0.05) is 6.42 Å². The highest BCUT2D eigenvalue weighted by molar-refractivity contribution is 5.46. The predicted molar refractivity (Wildman–Crippen MR) is 79.3 cm³/mol. The molecule has 20 heavy (non-hydrogen) atoms. The van der Waals surface area contributed by atoms with E-state index in [0.717, 1.165) is 18.9 Å². The average Bonchev–Trinajstić information content (AvgIpc) is 2.48. The van der Waals surface area contributed by atoms with Crippen molar-refractivity contribution in [1.29, 1.82) is 0 Å². The molecule has 1 aliphatic rings. The quantitative estimate of drug-likeness (QED) is 0.503. The topological polar surface area (TPSA) is 88.3 Å². The first-order chi connectivity index (χ1) is 9.81. The van der Waals surface area contributed by atoms with Crippen LogP contribution < -0.4 is 16.6 Å². The number of aromatic nitrogens is 2. The molecule has 4 N–H and O–H groups in total. The fourth-order valence-electron chi connectivity index (χ4n) is 2.38. The molecule has 7 heteroatoms.